The Morgan fingerprint density at radius 3 is 2.80 bits per heavy atom. The van der Waals surface area contributed by atoms with Crippen LogP contribution in [0, 0.1) is 6.92 Å². The van der Waals surface area contributed by atoms with Crippen molar-refractivity contribution in [3.05, 3.63) is 53.6 Å². The Morgan fingerprint density at radius 1 is 1.25 bits per heavy atom. The zero-order valence-electron chi connectivity index (χ0n) is 12.3. The molecule has 2 rings (SSSR count). The number of rotatable bonds is 6. The Kier molecular flexibility index (Phi) is 5.07. The molecule has 0 spiro atoms. The second-order valence-electron chi connectivity index (χ2n) is 4.78. The third kappa shape index (κ3) is 3.33. The summed E-state index contributed by atoms with van der Waals surface area (Å²) in [4.78, 5) is 8.51. The van der Waals surface area contributed by atoms with Gasteiger partial charge >= 0.3 is 0 Å². The fraction of sp³-hybridized carbons (Fsp3) is 0.375. The zero-order valence-corrected chi connectivity index (χ0v) is 12.3. The summed E-state index contributed by atoms with van der Waals surface area (Å²) in [5.41, 5.74) is 3.49. The third-order valence-electron chi connectivity index (χ3n) is 3.29. The highest BCUT2D eigenvalue weighted by Crippen LogP contribution is 2.25. The van der Waals surface area contributed by atoms with Crippen LogP contribution >= 0.6 is 0 Å². The molecule has 0 bridgehead atoms. The van der Waals surface area contributed by atoms with Crippen molar-refractivity contribution < 1.29 is 4.74 Å². The molecule has 1 atom stereocenters. The van der Waals surface area contributed by atoms with Crippen molar-refractivity contribution in [1.82, 2.24) is 15.3 Å². The first-order valence-electron chi connectivity index (χ1n) is 6.89. The van der Waals surface area contributed by atoms with E-state index in [9.17, 15) is 0 Å². The van der Waals surface area contributed by atoms with Crippen molar-refractivity contribution in [2.45, 2.75) is 26.3 Å². The van der Waals surface area contributed by atoms with E-state index in [-0.39, 0.29) is 6.04 Å². The number of pyridine rings is 2. The lowest BCUT2D eigenvalue weighted by atomic mass is 9.98. The molecule has 0 saturated heterocycles. The summed E-state index contributed by atoms with van der Waals surface area (Å²) in [6.45, 7) is 5.20. The summed E-state index contributed by atoms with van der Waals surface area (Å²) >= 11 is 0. The van der Waals surface area contributed by atoms with Crippen molar-refractivity contribution in [2.24, 2.45) is 0 Å². The van der Waals surface area contributed by atoms with Crippen molar-refractivity contribution in [3.8, 4) is 5.75 Å². The number of nitrogens with one attached hydrogen (secondary N) is 1. The van der Waals surface area contributed by atoms with Crippen molar-refractivity contribution in [3.63, 3.8) is 0 Å². The first-order valence-corrected chi connectivity index (χ1v) is 6.89. The summed E-state index contributed by atoms with van der Waals surface area (Å²) < 4.78 is 5.27. The number of aromatic nitrogens is 2. The normalized spacial score (nSPS) is 12.2. The highest BCUT2D eigenvalue weighted by atomic mass is 16.5. The molecule has 2 aromatic heterocycles. The van der Waals surface area contributed by atoms with Crippen molar-refractivity contribution >= 4 is 0 Å². The molecule has 0 saturated carbocycles. The van der Waals surface area contributed by atoms with Gasteiger partial charge in [-0.15, -0.1) is 0 Å². The number of nitrogens with zero attached hydrogens (tertiary/aromatic N) is 2. The van der Waals surface area contributed by atoms with Gasteiger partial charge in [0.1, 0.15) is 5.75 Å². The lowest BCUT2D eigenvalue weighted by Crippen LogP contribution is -2.24. The summed E-state index contributed by atoms with van der Waals surface area (Å²) in [5.74, 6) is 0.771. The molecule has 106 valence electrons. The maximum absolute atomic E-state index is 5.27. The van der Waals surface area contributed by atoms with Gasteiger partial charge in [-0.1, -0.05) is 6.92 Å². The van der Waals surface area contributed by atoms with Crippen LogP contribution in [0.5, 0.6) is 5.75 Å². The van der Waals surface area contributed by atoms with Crippen LogP contribution in [-0.2, 0) is 0 Å². The van der Waals surface area contributed by atoms with E-state index < -0.39 is 0 Å². The van der Waals surface area contributed by atoms with Gasteiger partial charge in [0.25, 0.3) is 0 Å². The molecule has 4 heteroatoms. The van der Waals surface area contributed by atoms with Gasteiger partial charge in [-0.05, 0) is 48.7 Å². The van der Waals surface area contributed by atoms with E-state index in [1.165, 1.54) is 11.1 Å². The van der Waals surface area contributed by atoms with Gasteiger partial charge in [-0.25, -0.2) is 0 Å². The van der Waals surface area contributed by atoms with Crippen LogP contribution in [0.15, 0.2) is 36.9 Å². The van der Waals surface area contributed by atoms with Crippen LogP contribution in [0.3, 0.4) is 0 Å². The second kappa shape index (κ2) is 7.01. The minimum atomic E-state index is 0.0891. The molecule has 0 aromatic carbocycles. The maximum Gasteiger partial charge on any atom is 0.137 e. The molecule has 4 nitrogen and oxygen atoms in total. The van der Waals surface area contributed by atoms with E-state index in [1.807, 2.05) is 30.7 Å². The van der Waals surface area contributed by atoms with Crippen LogP contribution in [0.25, 0.3) is 0 Å². The summed E-state index contributed by atoms with van der Waals surface area (Å²) in [5, 5.41) is 3.56. The quantitative estimate of drug-likeness (QED) is 0.877. The predicted octanol–water partition coefficient (Wildman–Crippen LogP) is 2.88. The first kappa shape index (κ1) is 14.5. The Balaban J connectivity index is 2.38. The van der Waals surface area contributed by atoms with Crippen LogP contribution in [0.1, 0.15) is 36.1 Å². The molecule has 0 radical (unpaired) electrons. The van der Waals surface area contributed by atoms with Crippen molar-refractivity contribution in [2.75, 3.05) is 13.7 Å². The van der Waals surface area contributed by atoms with Crippen molar-refractivity contribution in [1.29, 1.82) is 0 Å². The Bertz CT molecular complexity index is 557. The van der Waals surface area contributed by atoms with E-state index in [2.05, 4.69) is 29.1 Å². The summed E-state index contributed by atoms with van der Waals surface area (Å²) in [6.07, 6.45) is 8.41. The third-order valence-corrected chi connectivity index (χ3v) is 3.29. The largest absolute Gasteiger partial charge is 0.495 e. The summed E-state index contributed by atoms with van der Waals surface area (Å²) in [7, 11) is 1.66. The Labute approximate surface area is 120 Å². The standard InChI is InChI=1S/C16H21N3O/c1-4-6-19-16(15-11-17-7-5-12(15)2)13-8-14(20-3)10-18-9-13/h5,7-11,16,19H,4,6H2,1-3H3. The molecule has 0 fully saturated rings. The highest BCUT2D eigenvalue weighted by molar-refractivity contribution is 5.36. The molecule has 2 aromatic rings. The van der Waals surface area contributed by atoms with Gasteiger partial charge in [0.15, 0.2) is 0 Å². The second-order valence-corrected chi connectivity index (χ2v) is 4.78. The van der Waals surface area contributed by atoms with Crippen LogP contribution in [0.4, 0.5) is 0 Å². The van der Waals surface area contributed by atoms with E-state index in [0.717, 1.165) is 24.3 Å². The topological polar surface area (TPSA) is 47.0 Å². The average molecular weight is 271 g/mol. The fourth-order valence-electron chi connectivity index (χ4n) is 2.18. The molecule has 1 N–H and O–H groups in total. The number of hydrogen-bond donors (Lipinski definition) is 1. The Morgan fingerprint density at radius 2 is 2.10 bits per heavy atom. The molecule has 0 aliphatic carbocycles. The molecule has 20 heavy (non-hydrogen) atoms. The first-order chi connectivity index (χ1) is 9.76. The average Bonchev–Trinajstić information content (AvgIpc) is 2.49. The number of ether oxygens (including phenoxy) is 1. The molecular formula is C16H21N3O. The Hall–Kier alpha value is -1.94. The molecule has 1 unspecified atom stereocenters. The van der Waals surface area contributed by atoms with Gasteiger partial charge in [-0.2, -0.15) is 0 Å². The predicted molar refractivity (Wildman–Crippen MR) is 79.9 cm³/mol. The van der Waals surface area contributed by atoms with Gasteiger partial charge in [-0.3, -0.25) is 9.97 Å². The van der Waals surface area contributed by atoms with E-state index >= 15 is 0 Å². The van der Waals surface area contributed by atoms with Gasteiger partial charge < -0.3 is 10.1 Å². The highest BCUT2D eigenvalue weighted by Gasteiger charge is 2.16. The minimum absolute atomic E-state index is 0.0891. The molecule has 0 aliphatic heterocycles. The van der Waals surface area contributed by atoms with Gasteiger partial charge in [0, 0.05) is 18.6 Å². The molecule has 2 heterocycles. The zero-order chi connectivity index (χ0) is 14.4. The molecule has 0 aliphatic rings. The number of methoxy groups -OCH3 is 1. The van der Waals surface area contributed by atoms with Crippen LogP contribution < -0.4 is 10.1 Å². The van der Waals surface area contributed by atoms with E-state index in [0.29, 0.717) is 0 Å². The lowest BCUT2D eigenvalue weighted by molar-refractivity contribution is 0.411. The van der Waals surface area contributed by atoms with E-state index in [1.54, 1.807) is 13.3 Å². The van der Waals surface area contributed by atoms with E-state index in [4.69, 9.17) is 4.74 Å². The minimum Gasteiger partial charge on any atom is -0.495 e. The monoisotopic (exact) mass is 271 g/mol. The smallest absolute Gasteiger partial charge is 0.137 e. The van der Waals surface area contributed by atoms with Crippen LogP contribution in [0.2, 0.25) is 0 Å². The lowest BCUT2D eigenvalue weighted by Gasteiger charge is -2.21. The van der Waals surface area contributed by atoms with Gasteiger partial charge in [0.2, 0.25) is 0 Å². The maximum atomic E-state index is 5.27. The van der Waals surface area contributed by atoms with Gasteiger partial charge in [0.05, 0.1) is 19.3 Å². The molecule has 0 amide bonds. The molecular weight excluding hydrogens is 250 g/mol. The fourth-order valence-corrected chi connectivity index (χ4v) is 2.18. The number of hydrogen-bond acceptors (Lipinski definition) is 4. The van der Waals surface area contributed by atoms with Crippen LogP contribution in [-0.4, -0.2) is 23.6 Å². The number of aryl methyl sites for hydroxylation is 1. The summed E-state index contributed by atoms with van der Waals surface area (Å²) in [6, 6.07) is 4.14. The SMILES string of the molecule is CCCNC(c1cncc(OC)c1)c1cnccc1C.